The van der Waals surface area contributed by atoms with E-state index in [-0.39, 0.29) is 18.2 Å². The van der Waals surface area contributed by atoms with E-state index in [9.17, 15) is 9.59 Å². The fourth-order valence-corrected chi connectivity index (χ4v) is 4.19. The summed E-state index contributed by atoms with van der Waals surface area (Å²) in [5.41, 5.74) is 4.41. The zero-order valence-electron chi connectivity index (χ0n) is 17.0. The van der Waals surface area contributed by atoms with Crippen molar-refractivity contribution in [1.82, 2.24) is 15.5 Å². The maximum Gasteiger partial charge on any atom is 0.407 e. The van der Waals surface area contributed by atoms with Crippen molar-refractivity contribution < 1.29 is 14.3 Å². The maximum absolute atomic E-state index is 11.8. The van der Waals surface area contributed by atoms with Gasteiger partial charge in [-0.05, 0) is 62.8 Å². The minimum atomic E-state index is -0.341. The average Bonchev–Trinajstić information content (AvgIpc) is 3.30. The number of anilines is 2. The molecule has 7 nitrogen and oxygen atoms in total. The van der Waals surface area contributed by atoms with E-state index in [2.05, 4.69) is 26.9 Å². The normalized spacial score (nSPS) is 21.1. The SMILES string of the molecule is CC(C)NC(=O)O[C@@H]1CC[C@H](c2cc(Nc3ccc4c(c3)CCC(=O)C4)n[nH]2)C1. The summed E-state index contributed by atoms with van der Waals surface area (Å²) in [7, 11) is 0. The maximum atomic E-state index is 11.8. The molecule has 2 atom stereocenters. The van der Waals surface area contributed by atoms with E-state index in [0.717, 1.165) is 48.4 Å². The minimum Gasteiger partial charge on any atom is -0.446 e. The van der Waals surface area contributed by atoms with Gasteiger partial charge in [0.05, 0.1) is 0 Å². The molecular weight excluding hydrogens is 368 g/mol. The van der Waals surface area contributed by atoms with E-state index in [0.29, 0.717) is 24.5 Å². The zero-order chi connectivity index (χ0) is 20.4. The second-order valence-corrected chi connectivity index (χ2v) is 8.37. The highest BCUT2D eigenvalue weighted by Crippen LogP contribution is 2.36. The van der Waals surface area contributed by atoms with Gasteiger partial charge in [-0.1, -0.05) is 6.07 Å². The number of hydrogen-bond acceptors (Lipinski definition) is 5. The van der Waals surface area contributed by atoms with Crippen molar-refractivity contribution in [2.75, 3.05) is 5.32 Å². The van der Waals surface area contributed by atoms with Gasteiger partial charge in [0, 0.05) is 42.2 Å². The van der Waals surface area contributed by atoms with Gasteiger partial charge < -0.3 is 15.4 Å². The van der Waals surface area contributed by atoms with Crippen molar-refractivity contribution in [2.24, 2.45) is 0 Å². The van der Waals surface area contributed by atoms with Gasteiger partial charge in [0.25, 0.3) is 0 Å². The van der Waals surface area contributed by atoms with Gasteiger partial charge in [0.2, 0.25) is 0 Å². The van der Waals surface area contributed by atoms with Crippen LogP contribution in [0.5, 0.6) is 0 Å². The molecule has 0 aliphatic heterocycles. The van der Waals surface area contributed by atoms with Gasteiger partial charge in [-0.2, -0.15) is 5.10 Å². The number of carbonyl (C=O) groups excluding carboxylic acids is 2. The zero-order valence-corrected chi connectivity index (χ0v) is 17.0. The molecule has 0 unspecified atom stereocenters. The molecule has 4 rings (SSSR count). The van der Waals surface area contributed by atoms with Crippen LogP contribution < -0.4 is 10.6 Å². The summed E-state index contributed by atoms with van der Waals surface area (Å²) in [6.45, 7) is 3.83. The van der Waals surface area contributed by atoms with E-state index in [1.807, 2.05) is 32.0 Å². The Hall–Kier alpha value is -2.83. The van der Waals surface area contributed by atoms with Crippen molar-refractivity contribution in [2.45, 2.75) is 70.4 Å². The number of rotatable bonds is 5. The molecule has 1 aromatic heterocycles. The van der Waals surface area contributed by atoms with Crippen LogP contribution in [0.1, 0.15) is 62.3 Å². The summed E-state index contributed by atoms with van der Waals surface area (Å²) in [6.07, 6.45) is 4.22. The van der Waals surface area contributed by atoms with Crippen LogP contribution in [0.25, 0.3) is 0 Å². The number of amides is 1. The Balaban J connectivity index is 1.34. The van der Waals surface area contributed by atoms with Crippen LogP contribution >= 0.6 is 0 Å². The number of hydrogen-bond donors (Lipinski definition) is 3. The Kier molecular flexibility index (Phi) is 5.56. The lowest BCUT2D eigenvalue weighted by atomic mass is 9.90. The van der Waals surface area contributed by atoms with E-state index in [4.69, 9.17) is 4.74 Å². The summed E-state index contributed by atoms with van der Waals surface area (Å²) in [5.74, 6) is 1.40. The molecule has 1 aromatic carbocycles. The fraction of sp³-hybridized carbons (Fsp3) is 0.500. The molecule has 7 heteroatoms. The second-order valence-electron chi connectivity index (χ2n) is 8.37. The summed E-state index contributed by atoms with van der Waals surface area (Å²) < 4.78 is 5.51. The molecule has 2 aliphatic carbocycles. The first-order valence-corrected chi connectivity index (χ1v) is 10.4. The number of ether oxygens (including phenoxy) is 1. The summed E-state index contributed by atoms with van der Waals surface area (Å²) in [4.78, 5) is 23.4. The lowest BCUT2D eigenvalue weighted by Crippen LogP contribution is -2.33. The van der Waals surface area contributed by atoms with Gasteiger partial charge >= 0.3 is 6.09 Å². The smallest absolute Gasteiger partial charge is 0.407 e. The van der Waals surface area contributed by atoms with Crippen LogP contribution in [-0.4, -0.2) is 34.2 Å². The number of ketones is 1. The van der Waals surface area contributed by atoms with Crippen molar-refractivity contribution in [1.29, 1.82) is 0 Å². The molecule has 1 fully saturated rings. The number of nitrogens with one attached hydrogen (secondary N) is 3. The van der Waals surface area contributed by atoms with Crippen molar-refractivity contribution in [3.63, 3.8) is 0 Å². The number of alkyl carbamates (subject to hydrolysis) is 1. The summed E-state index contributed by atoms with van der Waals surface area (Å²) >= 11 is 0. The Morgan fingerprint density at radius 3 is 2.90 bits per heavy atom. The number of carbonyl (C=O) groups is 2. The van der Waals surface area contributed by atoms with Crippen molar-refractivity contribution in [3.8, 4) is 0 Å². The first-order chi connectivity index (χ1) is 14.0. The average molecular weight is 396 g/mol. The molecule has 0 saturated heterocycles. The number of aromatic amines is 1. The third-order valence-corrected chi connectivity index (χ3v) is 5.64. The first kappa shape index (κ1) is 19.5. The molecule has 3 N–H and O–H groups in total. The number of aromatic nitrogens is 2. The van der Waals surface area contributed by atoms with Crippen molar-refractivity contribution in [3.05, 3.63) is 41.1 Å². The molecule has 2 aromatic rings. The highest BCUT2D eigenvalue weighted by atomic mass is 16.6. The van der Waals surface area contributed by atoms with Crippen LogP contribution in [0.15, 0.2) is 24.3 Å². The van der Waals surface area contributed by atoms with Gasteiger partial charge in [-0.15, -0.1) is 0 Å². The van der Waals surface area contributed by atoms with Crippen LogP contribution in [-0.2, 0) is 22.4 Å². The first-order valence-electron chi connectivity index (χ1n) is 10.4. The molecule has 1 saturated carbocycles. The topological polar surface area (TPSA) is 96.1 Å². The Bertz CT molecular complexity index is 905. The molecule has 2 aliphatic rings. The molecule has 1 amide bonds. The standard InChI is InChI=1S/C22H28N4O3/c1-13(2)23-22(28)29-19-8-5-16(11-19)20-12-21(26-25-20)24-17-6-3-15-10-18(27)7-4-14(15)9-17/h3,6,9,12-13,16,19H,4-5,7-8,10-11H2,1-2H3,(H,23,28)(H2,24,25,26)/t16-,19+/m0/s1. The molecule has 0 spiro atoms. The highest BCUT2D eigenvalue weighted by molar-refractivity contribution is 5.83. The van der Waals surface area contributed by atoms with Crippen molar-refractivity contribution >= 4 is 23.4 Å². The molecule has 0 radical (unpaired) electrons. The number of aryl methyl sites for hydroxylation is 1. The Labute approximate surface area is 170 Å². The van der Waals surface area contributed by atoms with Gasteiger partial charge in [0.1, 0.15) is 11.9 Å². The van der Waals surface area contributed by atoms with Crippen LogP contribution in [0.3, 0.4) is 0 Å². The molecule has 0 bridgehead atoms. The third kappa shape index (κ3) is 4.78. The van der Waals surface area contributed by atoms with E-state index in [1.54, 1.807) is 0 Å². The third-order valence-electron chi connectivity index (χ3n) is 5.64. The van der Waals surface area contributed by atoms with E-state index in [1.165, 1.54) is 5.56 Å². The van der Waals surface area contributed by atoms with Crippen LogP contribution in [0.4, 0.5) is 16.3 Å². The predicted octanol–water partition coefficient (Wildman–Crippen LogP) is 3.98. The quantitative estimate of drug-likeness (QED) is 0.710. The van der Waals surface area contributed by atoms with Crippen LogP contribution in [0, 0.1) is 0 Å². The monoisotopic (exact) mass is 396 g/mol. The second kappa shape index (κ2) is 8.27. The molecule has 154 valence electrons. The minimum absolute atomic E-state index is 0.0539. The molecule has 1 heterocycles. The number of Topliss-reactive ketones (excluding diaryl/α,β-unsaturated/α-hetero) is 1. The molecular formula is C22H28N4O3. The predicted molar refractivity (Wildman–Crippen MR) is 110 cm³/mol. The number of benzene rings is 1. The lowest BCUT2D eigenvalue weighted by Gasteiger charge is -2.16. The summed E-state index contributed by atoms with van der Waals surface area (Å²) in [5, 5.41) is 13.6. The largest absolute Gasteiger partial charge is 0.446 e. The number of nitrogens with zero attached hydrogens (tertiary/aromatic N) is 1. The highest BCUT2D eigenvalue weighted by Gasteiger charge is 2.30. The van der Waals surface area contributed by atoms with Gasteiger partial charge in [-0.3, -0.25) is 9.89 Å². The van der Waals surface area contributed by atoms with E-state index >= 15 is 0 Å². The van der Waals surface area contributed by atoms with Gasteiger partial charge in [0.15, 0.2) is 5.82 Å². The Morgan fingerprint density at radius 1 is 1.21 bits per heavy atom. The summed E-state index contributed by atoms with van der Waals surface area (Å²) in [6, 6.07) is 8.25. The number of H-pyrrole nitrogens is 1. The van der Waals surface area contributed by atoms with Gasteiger partial charge in [-0.25, -0.2) is 4.79 Å². The van der Waals surface area contributed by atoms with E-state index < -0.39 is 0 Å². The fourth-order valence-electron chi connectivity index (χ4n) is 4.19. The lowest BCUT2D eigenvalue weighted by molar-refractivity contribution is -0.118. The van der Waals surface area contributed by atoms with Crippen LogP contribution in [0.2, 0.25) is 0 Å². The number of fused-ring (bicyclic) bond motifs is 1. The Morgan fingerprint density at radius 2 is 2.07 bits per heavy atom. The molecule has 29 heavy (non-hydrogen) atoms.